The van der Waals surface area contributed by atoms with E-state index in [0.29, 0.717) is 30.9 Å². The molecule has 5 heteroatoms. The molecule has 0 aliphatic heterocycles. The fourth-order valence-corrected chi connectivity index (χ4v) is 2.08. The number of carbonyl (C=O) groups is 1. The first-order chi connectivity index (χ1) is 9.04. The molecular weight excluding hydrogens is 250 g/mol. The molecule has 104 valence electrons. The van der Waals surface area contributed by atoms with Crippen LogP contribution in [0.5, 0.6) is 0 Å². The second-order valence-corrected chi connectivity index (χ2v) is 5.08. The lowest BCUT2D eigenvalue weighted by molar-refractivity contribution is -0.121. The van der Waals surface area contributed by atoms with Gasteiger partial charge in [-0.15, -0.1) is 0 Å². The molecule has 0 saturated heterocycles. The molecular formula is C14H18F2N2O. The highest BCUT2D eigenvalue weighted by Gasteiger charge is 2.29. The van der Waals surface area contributed by atoms with Gasteiger partial charge in [-0.25, -0.2) is 8.78 Å². The molecule has 1 saturated carbocycles. The molecule has 3 nitrogen and oxygen atoms in total. The van der Waals surface area contributed by atoms with E-state index in [1.807, 2.05) is 0 Å². The molecule has 0 aromatic heterocycles. The molecule has 0 radical (unpaired) electrons. The Labute approximate surface area is 111 Å². The molecule has 1 unspecified atom stereocenters. The van der Waals surface area contributed by atoms with Crippen molar-refractivity contribution < 1.29 is 13.6 Å². The van der Waals surface area contributed by atoms with Crippen molar-refractivity contribution in [3.05, 3.63) is 35.4 Å². The van der Waals surface area contributed by atoms with Gasteiger partial charge in [0.15, 0.2) is 0 Å². The summed E-state index contributed by atoms with van der Waals surface area (Å²) in [6.07, 6.45) is 2.94. The molecule has 2 rings (SSSR count). The van der Waals surface area contributed by atoms with Gasteiger partial charge < -0.3 is 11.1 Å². The summed E-state index contributed by atoms with van der Waals surface area (Å²) in [6.45, 7) is 0.360. The summed E-state index contributed by atoms with van der Waals surface area (Å²) in [4.78, 5) is 11.6. The maximum absolute atomic E-state index is 12.9. The van der Waals surface area contributed by atoms with Crippen molar-refractivity contribution in [1.29, 1.82) is 0 Å². The van der Waals surface area contributed by atoms with Crippen molar-refractivity contribution in [2.45, 2.75) is 31.7 Å². The molecule has 1 aromatic rings. The fourth-order valence-electron chi connectivity index (χ4n) is 2.08. The van der Waals surface area contributed by atoms with Gasteiger partial charge in [0, 0.05) is 25.1 Å². The van der Waals surface area contributed by atoms with Gasteiger partial charge in [-0.05, 0) is 42.9 Å². The summed E-state index contributed by atoms with van der Waals surface area (Å²) in [5.41, 5.74) is 6.37. The molecule has 1 fully saturated rings. The van der Waals surface area contributed by atoms with Crippen LogP contribution in [0.4, 0.5) is 8.78 Å². The average Bonchev–Trinajstić information content (AvgIpc) is 3.10. The largest absolute Gasteiger partial charge is 0.356 e. The minimum atomic E-state index is -0.600. The Kier molecular flexibility index (Phi) is 4.47. The highest BCUT2D eigenvalue weighted by molar-refractivity contribution is 5.76. The van der Waals surface area contributed by atoms with Crippen LogP contribution in [-0.2, 0) is 11.2 Å². The van der Waals surface area contributed by atoms with E-state index in [0.717, 1.165) is 18.9 Å². The van der Waals surface area contributed by atoms with Crippen LogP contribution in [0.25, 0.3) is 0 Å². The van der Waals surface area contributed by atoms with Crippen LogP contribution in [-0.4, -0.2) is 18.5 Å². The van der Waals surface area contributed by atoms with Crippen molar-refractivity contribution >= 4 is 5.91 Å². The SMILES string of the molecule is NC(CC(=O)NCCc1cc(F)cc(F)c1)C1CC1. The van der Waals surface area contributed by atoms with Gasteiger partial charge in [-0.2, -0.15) is 0 Å². The van der Waals surface area contributed by atoms with Gasteiger partial charge in [0.25, 0.3) is 0 Å². The van der Waals surface area contributed by atoms with E-state index in [1.54, 1.807) is 0 Å². The number of hydrogen-bond donors (Lipinski definition) is 2. The Hall–Kier alpha value is -1.49. The Morgan fingerprint density at radius 1 is 1.32 bits per heavy atom. The average molecular weight is 268 g/mol. The first-order valence-corrected chi connectivity index (χ1v) is 6.52. The van der Waals surface area contributed by atoms with E-state index in [9.17, 15) is 13.6 Å². The minimum absolute atomic E-state index is 0.0633. The molecule has 0 bridgehead atoms. The molecule has 0 spiro atoms. The second-order valence-electron chi connectivity index (χ2n) is 5.08. The smallest absolute Gasteiger partial charge is 0.221 e. The number of amides is 1. The van der Waals surface area contributed by atoms with Crippen LogP contribution in [0.2, 0.25) is 0 Å². The quantitative estimate of drug-likeness (QED) is 0.826. The molecule has 1 amide bonds. The molecule has 1 aromatic carbocycles. The van der Waals surface area contributed by atoms with Crippen LogP contribution in [0.3, 0.4) is 0 Å². The Morgan fingerprint density at radius 3 is 2.53 bits per heavy atom. The number of nitrogens with one attached hydrogen (secondary N) is 1. The predicted molar refractivity (Wildman–Crippen MR) is 68.4 cm³/mol. The van der Waals surface area contributed by atoms with E-state index in [4.69, 9.17) is 5.73 Å². The zero-order valence-corrected chi connectivity index (χ0v) is 10.7. The lowest BCUT2D eigenvalue weighted by atomic mass is 10.1. The Bertz CT molecular complexity index is 441. The molecule has 1 atom stereocenters. The number of rotatable bonds is 6. The summed E-state index contributed by atoms with van der Waals surface area (Å²) >= 11 is 0. The van der Waals surface area contributed by atoms with Crippen LogP contribution in [0.1, 0.15) is 24.8 Å². The number of carbonyl (C=O) groups excluding carboxylic acids is 1. The van der Waals surface area contributed by atoms with Gasteiger partial charge in [-0.3, -0.25) is 4.79 Å². The summed E-state index contributed by atoms with van der Waals surface area (Å²) in [5.74, 6) is -0.812. The third-order valence-corrected chi connectivity index (χ3v) is 3.31. The molecule has 1 aliphatic carbocycles. The highest BCUT2D eigenvalue weighted by Crippen LogP contribution is 2.32. The van der Waals surface area contributed by atoms with Gasteiger partial charge in [-0.1, -0.05) is 0 Å². The Morgan fingerprint density at radius 2 is 1.95 bits per heavy atom. The van der Waals surface area contributed by atoms with E-state index in [-0.39, 0.29) is 11.9 Å². The highest BCUT2D eigenvalue weighted by atomic mass is 19.1. The van der Waals surface area contributed by atoms with Crippen LogP contribution in [0, 0.1) is 17.6 Å². The summed E-state index contributed by atoms with van der Waals surface area (Å²) in [7, 11) is 0. The lowest BCUT2D eigenvalue weighted by Crippen LogP contribution is -2.33. The van der Waals surface area contributed by atoms with Gasteiger partial charge >= 0.3 is 0 Å². The third-order valence-electron chi connectivity index (χ3n) is 3.31. The monoisotopic (exact) mass is 268 g/mol. The van der Waals surface area contributed by atoms with Gasteiger partial charge in [0.05, 0.1) is 0 Å². The lowest BCUT2D eigenvalue weighted by Gasteiger charge is -2.10. The number of nitrogens with two attached hydrogens (primary N) is 1. The maximum atomic E-state index is 12.9. The number of hydrogen-bond acceptors (Lipinski definition) is 2. The van der Waals surface area contributed by atoms with Crippen LogP contribution < -0.4 is 11.1 Å². The zero-order valence-electron chi connectivity index (χ0n) is 10.7. The molecule has 19 heavy (non-hydrogen) atoms. The molecule has 0 heterocycles. The first-order valence-electron chi connectivity index (χ1n) is 6.52. The van der Waals surface area contributed by atoms with Gasteiger partial charge in [0.1, 0.15) is 11.6 Å². The maximum Gasteiger partial charge on any atom is 0.221 e. The summed E-state index contributed by atoms with van der Waals surface area (Å²) < 4.78 is 25.9. The third kappa shape index (κ3) is 4.59. The van der Waals surface area contributed by atoms with Crippen LogP contribution in [0.15, 0.2) is 18.2 Å². The van der Waals surface area contributed by atoms with Crippen molar-refractivity contribution in [1.82, 2.24) is 5.32 Å². The van der Waals surface area contributed by atoms with Crippen molar-refractivity contribution in [3.8, 4) is 0 Å². The zero-order chi connectivity index (χ0) is 13.8. The standard InChI is InChI=1S/C14H18F2N2O/c15-11-5-9(6-12(16)7-11)3-4-18-14(19)8-13(17)10-1-2-10/h5-7,10,13H,1-4,8,17H2,(H,18,19). The fraction of sp³-hybridized carbons (Fsp3) is 0.500. The van der Waals surface area contributed by atoms with E-state index in [1.165, 1.54) is 12.1 Å². The van der Waals surface area contributed by atoms with Crippen molar-refractivity contribution in [2.75, 3.05) is 6.54 Å². The van der Waals surface area contributed by atoms with Crippen LogP contribution >= 0.6 is 0 Å². The van der Waals surface area contributed by atoms with Crippen molar-refractivity contribution in [3.63, 3.8) is 0 Å². The summed E-state index contributed by atoms with van der Waals surface area (Å²) in [6, 6.07) is 3.30. The van der Waals surface area contributed by atoms with E-state index < -0.39 is 11.6 Å². The second kappa shape index (κ2) is 6.10. The first kappa shape index (κ1) is 13.9. The van der Waals surface area contributed by atoms with Gasteiger partial charge in [0.2, 0.25) is 5.91 Å². The normalized spacial score (nSPS) is 16.2. The van der Waals surface area contributed by atoms with Crippen molar-refractivity contribution in [2.24, 2.45) is 11.7 Å². The summed E-state index contributed by atoms with van der Waals surface area (Å²) in [5, 5.41) is 2.72. The Balaban J connectivity index is 1.71. The number of benzene rings is 1. The predicted octanol–water partition coefficient (Wildman–Crippen LogP) is 1.75. The number of halogens is 2. The molecule has 3 N–H and O–H groups in total. The van der Waals surface area contributed by atoms with E-state index in [2.05, 4.69) is 5.32 Å². The minimum Gasteiger partial charge on any atom is -0.356 e. The molecule has 1 aliphatic rings. The topological polar surface area (TPSA) is 55.1 Å². The van der Waals surface area contributed by atoms with E-state index >= 15 is 0 Å².